The fraction of sp³-hybridized carbons (Fsp3) is 0.455. The molecule has 1 atom stereocenters. The van der Waals surface area contributed by atoms with Gasteiger partial charge in [0.25, 0.3) is 0 Å². The van der Waals surface area contributed by atoms with E-state index in [1.54, 1.807) is 0 Å². The minimum atomic E-state index is 0.147. The summed E-state index contributed by atoms with van der Waals surface area (Å²) in [6.45, 7) is 8.85. The highest BCUT2D eigenvalue weighted by Crippen LogP contribution is 2.16. The molecule has 1 heterocycles. The van der Waals surface area contributed by atoms with Crippen molar-refractivity contribution in [2.45, 2.75) is 26.3 Å². The van der Waals surface area contributed by atoms with Crippen LogP contribution in [-0.2, 0) is 0 Å². The molecule has 0 saturated heterocycles. The van der Waals surface area contributed by atoms with Crippen LogP contribution in [0.1, 0.15) is 30.9 Å². The molecule has 0 saturated carbocycles. The summed E-state index contributed by atoms with van der Waals surface area (Å²) in [6, 6.07) is 4.11. The van der Waals surface area contributed by atoms with Crippen molar-refractivity contribution in [3.05, 3.63) is 36.3 Å². The fourth-order valence-corrected chi connectivity index (χ4v) is 1.22. The van der Waals surface area contributed by atoms with E-state index in [4.69, 9.17) is 4.42 Å². The van der Waals surface area contributed by atoms with Crippen molar-refractivity contribution < 1.29 is 4.42 Å². The largest absolute Gasteiger partial charge is 0.464 e. The summed E-state index contributed by atoms with van der Waals surface area (Å²) < 4.78 is 5.50. The van der Waals surface area contributed by atoms with Crippen LogP contribution in [0.2, 0.25) is 0 Å². The second-order valence-electron chi connectivity index (χ2n) is 3.12. The number of rotatable bonds is 5. The zero-order valence-corrected chi connectivity index (χ0v) is 8.34. The molecule has 0 aromatic carbocycles. The molecule has 0 bridgehead atoms. The number of hydrogen-bond donors (Lipinski definition) is 1. The summed E-state index contributed by atoms with van der Waals surface area (Å²) in [5.41, 5.74) is 0. The Morgan fingerprint density at radius 1 is 1.62 bits per heavy atom. The van der Waals surface area contributed by atoms with E-state index in [0.29, 0.717) is 0 Å². The maximum atomic E-state index is 5.50. The first-order chi connectivity index (χ1) is 6.27. The zero-order valence-electron chi connectivity index (χ0n) is 8.34. The molecule has 0 spiro atoms. The van der Waals surface area contributed by atoms with Crippen molar-refractivity contribution in [2.75, 3.05) is 6.54 Å². The fourth-order valence-electron chi connectivity index (χ4n) is 1.22. The summed E-state index contributed by atoms with van der Waals surface area (Å²) in [6.07, 6.45) is 2.98. The van der Waals surface area contributed by atoms with Crippen LogP contribution >= 0.6 is 0 Å². The summed E-state index contributed by atoms with van der Waals surface area (Å²) in [7, 11) is 0. The van der Waals surface area contributed by atoms with Gasteiger partial charge in [0.1, 0.15) is 11.5 Å². The zero-order chi connectivity index (χ0) is 9.68. The van der Waals surface area contributed by atoms with Crippen molar-refractivity contribution >= 4 is 0 Å². The van der Waals surface area contributed by atoms with Gasteiger partial charge in [-0.2, -0.15) is 0 Å². The van der Waals surface area contributed by atoms with Crippen LogP contribution in [-0.4, -0.2) is 6.54 Å². The molecule has 1 unspecified atom stereocenters. The van der Waals surface area contributed by atoms with Crippen LogP contribution in [0.25, 0.3) is 0 Å². The van der Waals surface area contributed by atoms with Crippen LogP contribution in [0.15, 0.2) is 29.2 Å². The lowest BCUT2D eigenvalue weighted by Gasteiger charge is -2.10. The molecule has 1 N–H and O–H groups in total. The molecule has 0 aliphatic heterocycles. The van der Waals surface area contributed by atoms with Gasteiger partial charge in [-0.25, -0.2) is 0 Å². The van der Waals surface area contributed by atoms with Gasteiger partial charge in [0.15, 0.2) is 0 Å². The van der Waals surface area contributed by atoms with Crippen LogP contribution in [0.3, 0.4) is 0 Å². The van der Waals surface area contributed by atoms with Gasteiger partial charge in [0, 0.05) is 0 Å². The molecule has 0 fully saturated rings. The summed E-state index contributed by atoms with van der Waals surface area (Å²) in [5, 5.41) is 3.34. The van der Waals surface area contributed by atoms with Crippen molar-refractivity contribution in [1.82, 2.24) is 5.32 Å². The van der Waals surface area contributed by atoms with E-state index in [-0.39, 0.29) is 6.04 Å². The Morgan fingerprint density at radius 3 is 2.85 bits per heavy atom. The predicted octanol–water partition coefficient (Wildman–Crippen LogP) is 2.81. The van der Waals surface area contributed by atoms with Crippen LogP contribution in [0.5, 0.6) is 0 Å². The minimum absolute atomic E-state index is 0.147. The molecule has 1 rings (SSSR count). The van der Waals surface area contributed by atoms with E-state index in [2.05, 4.69) is 18.8 Å². The third kappa shape index (κ3) is 2.74. The second kappa shape index (κ2) is 4.87. The van der Waals surface area contributed by atoms with Gasteiger partial charge in [0.05, 0.1) is 6.04 Å². The lowest BCUT2D eigenvalue weighted by atomic mass is 10.2. The average molecular weight is 179 g/mol. The van der Waals surface area contributed by atoms with Crippen LogP contribution in [0, 0.1) is 6.92 Å². The van der Waals surface area contributed by atoms with E-state index >= 15 is 0 Å². The van der Waals surface area contributed by atoms with E-state index in [9.17, 15) is 0 Å². The Balaban J connectivity index is 2.61. The molecule has 2 heteroatoms. The summed E-state index contributed by atoms with van der Waals surface area (Å²) in [4.78, 5) is 0. The molecule has 0 radical (unpaired) electrons. The Bertz CT molecular complexity index is 265. The highest BCUT2D eigenvalue weighted by Gasteiger charge is 2.09. The minimum Gasteiger partial charge on any atom is -0.464 e. The molecule has 2 nitrogen and oxygen atoms in total. The lowest BCUT2D eigenvalue weighted by molar-refractivity contribution is 0.436. The smallest absolute Gasteiger partial charge is 0.124 e. The highest BCUT2D eigenvalue weighted by atomic mass is 16.3. The van der Waals surface area contributed by atoms with Gasteiger partial charge in [0.2, 0.25) is 0 Å². The molecular weight excluding hydrogens is 162 g/mol. The molecular formula is C11H17NO. The molecule has 1 aromatic rings. The van der Waals surface area contributed by atoms with Gasteiger partial charge in [-0.15, -0.1) is 6.58 Å². The lowest BCUT2D eigenvalue weighted by Crippen LogP contribution is -2.19. The van der Waals surface area contributed by atoms with Gasteiger partial charge in [-0.3, -0.25) is 0 Å². The number of furan rings is 1. The maximum absolute atomic E-state index is 5.50. The Kier molecular flexibility index (Phi) is 3.77. The molecule has 72 valence electrons. The molecule has 13 heavy (non-hydrogen) atoms. The van der Waals surface area contributed by atoms with Crippen molar-refractivity contribution in [3.8, 4) is 0 Å². The van der Waals surface area contributed by atoms with Gasteiger partial charge < -0.3 is 9.73 Å². The first-order valence-corrected chi connectivity index (χ1v) is 4.70. The highest BCUT2D eigenvalue weighted by molar-refractivity contribution is 5.13. The van der Waals surface area contributed by atoms with E-state index < -0.39 is 0 Å². The first-order valence-electron chi connectivity index (χ1n) is 4.70. The third-order valence-electron chi connectivity index (χ3n) is 1.92. The van der Waals surface area contributed by atoms with Crippen molar-refractivity contribution in [2.24, 2.45) is 0 Å². The van der Waals surface area contributed by atoms with Gasteiger partial charge in [-0.05, 0) is 32.0 Å². The standard InChI is InChI=1S/C11H17NO/c1-4-8-12-10(5-2)11-7-6-9(3)13-11/h5-7,10,12H,2,4,8H2,1,3H3. The first kappa shape index (κ1) is 10.1. The third-order valence-corrected chi connectivity index (χ3v) is 1.92. The molecule has 0 amide bonds. The van der Waals surface area contributed by atoms with Crippen molar-refractivity contribution in [3.63, 3.8) is 0 Å². The molecule has 0 aliphatic rings. The normalized spacial score (nSPS) is 12.8. The van der Waals surface area contributed by atoms with Crippen LogP contribution in [0.4, 0.5) is 0 Å². The van der Waals surface area contributed by atoms with Crippen LogP contribution < -0.4 is 5.32 Å². The Morgan fingerprint density at radius 2 is 2.38 bits per heavy atom. The number of aryl methyl sites for hydroxylation is 1. The predicted molar refractivity (Wildman–Crippen MR) is 54.7 cm³/mol. The number of hydrogen-bond acceptors (Lipinski definition) is 2. The van der Waals surface area contributed by atoms with Gasteiger partial charge >= 0.3 is 0 Å². The van der Waals surface area contributed by atoms with E-state index in [0.717, 1.165) is 24.5 Å². The SMILES string of the molecule is C=CC(NCCC)c1ccc(C)o1. The van der Waals surface area contributed by atoms with Crippen molar-refractivity contribution in [1.29, 1.82) is 0 Å². The molecule has 1 aromatic heterocycles. The van der Waals surface area contributed by atoms with E-state index in [1.807, 2.05) is 25.1 Å². The quantitative estimate of drug-likeness (QED) is 0.703. The Labute approximate surface area is 79.6 Å². The Hall–Kier alpha value is -1.02. The average Bonchev–Trinajstić information content (AvgIpc) is 2.54. The monoisotopic (exact) mass is 179 g/mol. The summed E-state index contributed by atoms with van der Waals surface area (Å²) >= 11 is 0. The van der Waals surface area contributed by atoms with Gasteiger partial charge in [-0.1, -0.05) is 13.0 Å². The summed E-state index contributed by atoms with van der Waals surface area (Å²) in [5.74, 6) is 1.89. The molecule has 0 aliphatic carbocycles. The maximum Gasteiger partial charge on any atom is 0.124 e. The number of nitrogens with one attached hydrogen (secondary N) is 1. The van der Waals surface area contributed by atoms with E-state index in [1.165, 1.54) is 0 Å². The second-order valence-corrected chi connectivity index (χ2v) is 3.12. The topological polar surface area (TPSA) is 25.2 Å².